The standard InChI is InChI=1S/C15H21F3N2O/c1-10(2)8-20-14(21)9-19-11(3)12-5-4-6-13(7-12)15(16,17)18/h4-7,10-11,19H,8-9H2,1-3H3,(H,20,21). The Morgan fingerprint density at radius 2 is 1.90 bits per heavy atom. The highest BCUT2D eigenvalue weighted by molar-refractivity contribution is 5.78. The molecule has 1 rings (SSSR count). The average Bonchev–Trinajstić information content (AvgIpc) is 2.41. The lowest BCUT2D eigenvalue weighted by Gasteiger charge is -2.16. The van der Waals surface area contributed by atoms with Crippen molar-refractivity contribution in [3.63, 3.8) is 0 Å². The molecule has 0 heterocycles. The summed E-state index contributed by atoms with van der Waals surface area (Å²) in [5, 5.41) is 5.66. The van der Waals surface area contributed by atoms with Gasteiger partial charge in [-0.05, 0) is 30.5 Å². The molecule has 0 saturated heterocycles. The van der Waals surface area contributed by atoms with Crippen LogP contribution in [0.5, 0.6) is 0 Å². The predicted octanol–water partition coefficient (Wildman–Crippen LogP) is 3.13. The van der Waals surface area contributed by atoms with Crippen LogP contribution in [0.4, 0.5) is 13.2 Å². The lowest BCUT2D eigenvalue weighted by Crippen LogP contribution is -2.36. The maximum atomic E-state index is 12.6. The summed E-state index contributed by atoms with van der Waals surface area (Å²) in [6, 6.07) is 4.78. The molecule has 118 valence electrons. The van der Waals surface area contributed by atoms with Crippen molar-refractivity contribution >= 4 is 5.91 Å². The first-order chi connectivity index (χ1) is 9.70. The van der Waals surface area contributed by atoms with Crippen molar-refractivity contribution in [3.8, 4) is 0 Å². The molecule has 0 aromatic heterocycles. The van der Waals surface area contributed by atoms with E-state index in [0.717, 1.165) is 12.1 Å². The van der Waals surface area contributed by atoms with Crippen LogP contribution in [-0.2, 0) is 11.0 Å². The van der Waals surface area contributed by atoms with Crippen molar-refractivity contribution in [1.82, 2.24) is 10.6 Å². The molecule has 1 atom stereocenters. The van der Waals surface area contributed by atoms with Gasteiger partial charge in [-0.15, -0.1) is 0 Å². The molecular weight excluding hydrogens is 281 g/mol. The molecule has 0 spiro atoms. The Bertz CT molecular complexity index is 472. The molecule has 0 bridgehead atoms. The third-order valence-electron chi connectivity index (χ3n) is 2.99. The van der Waals surface area contributed by atoms with Gasteiger partial charge in [-0.3, -0.25) is 4.79 Å². The molecule has 0 radical (unpaired) electrons. The van der Waals surface area contributed by atoms with Crippen LogP contribution in [0.3, 0.4) is 0 Å². The van der Waals surface area contributed by atoms with Crippen LogP contribution in [0, 0.1) is 5.92 Å². The monoisotopic (exact) mass is 302 g/mol. The fourth-order valence-corrected chi connectivity index (χ4v) is 1.73. The van der Waals surface area contributed by atoms with Crippen molar-refractivity contribution in [2.45, 2.75) is 33.0 Å². The van der Waals surface area contributed by atoms with Gasteiger partial charge < -0.3 is 10.6 Å². The van der Waals surface area contributed by atoms with Crippen molar-refractivity contribution < 1.29 is 18.0 Å². The zero-order valence-electron chi connectivity index (χ0n) is 12.4. The van der Waals surface area contributed by atoms with Crippen LogP contribution in [0.25, 0.3) is 0 Å². The van der Waals surface area contributed by atoms with Gasteiger partial charge in [0.25, 0.3) is 0 Å². The highest BCUT2D eigenvalue weighted by atomic mass is 19.4. The number of carbonyl (C=O) groups is 1. The summed E-state index contributed by atoms with van der Waals surface area (Å²) in [4.78, 5) is 11.6. The Kier molecular flexibility index (Phi) is 6.20. The SMILES string of the molecule is CC(C)CNC(=O)CNC(C)c1cccc(C(F)(F)F)c1. The van der Waals surface area contributed by atoms with E-state index in [4.69, 9.17) is 0 Å². The van der Waals surface area contributed by atoms with Gasteiger partial charge in [-0.25, -0.2) is 0 Å². The van der Waals surface area contributed by atoms with E-state index in [2.05, 4.69) is 10.6 Å². The maximum Gasteiger partial charge on any atom is 0.416 e. The van der Waals surface area contributed by atoms with Gasteiger partial charge >= 0.3 is 6.18 Å². The maximum absolute atomic E-state index is 12.6. The van der Waals surface area contributed by atoms with Crippen LogP contribution in [0.2, 0.25) is 0 Å². The fraction of sp³-hybridized carbons (Fsp3) is 0.533. The summed E-state index contributed by atoms with van der Waals surface area (Å²) in [6.45, 7) is 6.35. The molecule has 6 heteroatoms. The van der Waals surface area contributed by atoms with Crippen LogP contribution in [0.15, 0.2) is 24.3 Å². The molecule has 1 aromatic rings. The molecule has 0 aliphatic rings. The number of hydrogen-bond acceptors (Lipinski definition) is 2. The highest BCUT2D eigenvalue weighted by Gasteiger charge is 2.30. The predicted molar refractivity (Wildman–Crippen MR) is 75.7 cm³/mol. The van der Waals surface area contributed by atoms with E-state index in [-0.39, 0.29) is 18.5 Å². The van der Waals surface area contributed by atoms with E-state index in [1.807, 2.05) is 13.8 Å². The Morgan fingerprint density at radius 3 is 2.48 bits per heavy atom. The average molecular weight is 302 g/mol. The number of halogens is 3. The second-order valence-electron chi connectivity index (χ2n) is 5.42. The number of alkyl halides is 3. The normalized spacial score (nSPS) is 13.3. The van der Waals surface area contributed by atoms with E-state index in [1.54, 1.807) is 13.0 Å². The molecule has 0 fully saturated rings. The molecule has 1 unspecified atom stereocenters. The molecule has 1 amide bonds. The second kappa shape index (κ2) is 7.45. The van der Waals surface area contributed by atoms with Gasteiger partial charge in [0, 0.05) is 12.6 Å². The van der Waals surface area contributed by atoms with Crippen LogP contribution in [-0.4, -0.2) is 19.0 Å². The third-order valence-corrected chi connectivity index (χ3v) is 2.99. The Hall–Kier alpha value is -1.56. The molecule has 3 nitrogen and oxygen atoms in total. The fourth-order valence-electron chi connectivity index (χ4n) is 1.73. The largest absolute Gasteiger partial charge is 0.416 e. The van der Waals surface area contributed by atoms with E-state index in [1.165, 1.54) is 6.07 Å². The summed E-state index contributed by atoms with van der Waals surface area (Å²) in [5.41, 5.74) is -0.181. The molecule has 21 heavy (non-hydrogen) atoms. The van der Waals surface area contributed by atoms with Gasteiger partial charge in [0.2, 0.25) is 5.91 Å². The summed E-state index contributed by atoms with van der Waals surface area (Å²) < 4.78 is 37.9. The summed E-state index contributed by atoms with van der Waals surface area (Å²) in [5.74, 6) is 0.192. The number of rotatable bonds is 6. The van der Waals surface area contributed by atoms with Crippen LogP contribution in [0.1, 0.15) is 37.9 Å². The van der Waals surface area contributed by atoms with Crippen LogP contribution >= 0.6 is 0 Å². The minimum absolute atomic E-state index is 0.0735. The van der Waals surface area contributed by atoms with Gasteiger partial charge in [0.1, 0.15) is 0 Å². The summed E-state index contributed by atoms with van der Waals surface area (Å²) >= 11 is 0. The van der Waals surface area contributed by atoms with Crippen molar-refractivity contribution in [1.29, 1.82) is 0 Å². The first-order valence-corrected chi connectivity index (χ1v) is 6.87. The number of amides is 1. The first-order valence-electron chi connectivity index (χ1n) is 6.87. The molecule has 0 saturated carbocycles. The van der Waals surface area contributed by atoms with E-state index in [0.29, 0.717) is 18.0 Å². The topological polar surface area (TPSA) is 41.1 Å². The summed E-state index contributed by atoms with van der Waals surface area (Å²) in [6.07, 6.45) is -4.36. The third kappa shape index (κ3) is 6.16. The highest BCUT2D eigenvalue weighted by Crippen LogP contribution is 2.30. The minimum Gasteiger partial charge on any atom is -0.355 e. The molecule has 1 aromatic carbocycles. The van der Waals surface area contributed by atoms with E-state index >= 15 is 0 Å². The van der Waals surface area contributed by atoms with Gasteiger partial charge in [0.15, 0.2) is 0 Å². The first kappa shape index (κ1) is 17.5. The van der Waals surface area contributed by atoms with Gasteiger partial charge in [0.05, 0.1) is 12.1 Å². The van der Waals surface area contributed by atoms with Gasteiger partial charge in [-0.1, -0.05) is 26.0 Å². The van der Waals surface area contributed by atoms with E-state index in [9.17, 15) is 18.0 Å². The van der Waals surface area contributed by atoms with Crippen LogP contribution < -0.4 is 10.6 Å². The quantitative estimate of drug-likeness (QED) is 0.847. The number of benzene rings is 1. The Morgan fingerprint density at radius 1 is 1.24 bits per heavy atom. The van der Waals surface area contributed by atoms with Gasteiger partial charge in [-0.2, -0.15) is 13.2 Å². The number of nitrogens with one attached hydrogen (secondary N) is 2. The number of carbonyl (C=O) groups excluding carboxylic acids is 1. The Balaban J connectivity index is 2.56. The molecule has 0 aliphatic heterocycles. The molecular formula is C15H21F3N2O. The number of hydrogen-bond donors (Lipinski definition) is 2. The van der Waals surface area contributed by atoms with E-state index < -0.39 is 11.7 Å². The Labute approximate surface area is 122 Å². The van der Waals surface area contributed by atoms with Crippen molar-refractivity contribution in [2.24, 2.45) is 5.92 Å². The lowest BCUT2D eigenvalue weighted by molar-refractivity contribution is -0.137. The smallest absolute Gasteiger partial charge is 0.355 e. The molecule has 0 aliphatic carbocycles. The summed E-state index contributed by atoms with van der Waals surface area (Å²) in [7, 11) is 0. The van der Waals surface area contributed by atoms with Crippen molar-refractivity contribution in [2.75, 3.05) is 13.1 Å². The minimum atomic E-state index is -4.36. The zero-order valence-corrected chi connectivity index (χ0v) is 12.4. The lowest BCUT2D eigenvalue weighted by atomic mass is 10.0. The second-order valence-corrected chi connectivity index (χ2v) is 5.42. The molecule has 2 N–H and O–H groups in total. The zero-order chi connectivity index (χ0) is 16.0. The van der Waals surface area contributed by atoms with Crippen molar-refractivity contribution in [3.05, 3.63) is 35.4 Å².